The van der Waals surface area contributed by atoms with E-state index >= 15 is 0 Å². The van der Waals surface area contributed by atoms with Crippen molar-refractivity contribution in [3.63, 3.8) is 0 Å². The van der Waals surface area contributed by atoms with Crippen molar-refractivity contribution in [2.24, 2.45) is 5.41 Å². The lowest BCUT2D eigenvalue weighted by Crippen LogP contribution is -2.56. The lowest BCUT2D eigenvalue weighted by Gasteiger charge is -2.44. The molecule has 2 heterocycles. The lowest BCUT2D eigenvalue weighted by molar-refractivity contribution is -0.304. The predicted molar refractivity (Wildman–Crippen MR) is 174 cm³/mol. The molecular formula is C35H63N3O5. The number of carbonyl (C=O) groups excluding carboxylic acids is 3. The van der Waals surface area contributed by atoms with Gasteiger partial charge >= 0.3 is 0 Å². The van der Waals surface area contributed by atoms with E-state index in [0.29, 0.717) is 26.1 Å². The largest absolute Gasteiger partial charge is 0.354 e. The summed E-state index contributed by atoms with van der Waals surface area (Å²) in [6.45, 7) is 11.6. The number of nitrogens with one attached hydrogen (secondary N) is 2. The smallest absolute Gasteiger partial charge is 0.249 e. The zero-order valence-electron chi connectivity index (χ0n) is 28.1. The van der Waals surface area contributed by atoms with Crippen LogP contribution in [0.3, 0.4) is 0 Å². The van der Waals surface area contributed by atoms with E-state index in [9.17, 15) is 14.4 Å². The van der Waals surface area contributed by atoms with Crippen LogP contribution in [0.1, 0.15) is 144 Å². The summed E-state index contributed by atoms with van der Waals surface area (Å²) in [5.74, 6) is -0.937. The Labute approximate surface area is 262 Å². The summed E-state index contributed by atoms with van der Waals surface area (Å²) in [5.41, 5.74) is -0.452. The molecule has 0 spiro atoms. The molecule has 0 bridgehead atoms. The summed E-state index contributed by atoms with van der Waals surface area (Å²) >= 11 is 0. The zero-order valence-corrected chi connectivity index (χ0v) is 28.1. The minimum Gasteiger partial charge on any atom is -0.354 e. The molecule has 0 aliphatic carbocycles. The molecule has 2 rings (SSSR count). The van der Waals surface area contributed by atoms with Gasteiger partial charge < -0.3 is 25.0 Å². The molecule has 0 saturated carbocycles. The fourth-order valence-electron chi connectivity index (χ4n) is 5.90. The Balaban J connectivity index is 1.51. The number of unbranched alkanes of at least 4 members (excludes halogenated alkanes) is 11. The van der Waals surface area contributed by atoms with E-state index in [2.05, 4.69) is 29.7 Å². The molecule has 1 unspecified atom stereocenters. The van der Waals surface area contributed by atoms with Crippen LogP contribution < -0.4 is 10.6 Å². The molecule has 0 aromatic rings. The van der Waals surface area contributed by atoms with Gasteiger partial charge in [-0.15, -0.1) is 0 Å². The average Bonchev–Trinajstić information content (AvgIpc) is 3.44. The van der Waals surface area contributed by atoms with Crippen LogP contribution in [0.5, 0.6) is 0 Å². The highest BCUT2D eigenvalue weighted by atomic mass is 16.7. The van der Waals surface area contributed by atoms with E-state index in [1.807, 2.05) is 18.7 Å². The first-order valence-corrected chi connectivity index (χ1v) is 17.4. The molecule has 248 valence electrons. The fourth-order valence-corrected chi connectivity index (χ4v) is 5.90. The van der Waals surface area contributed by atoms with E-state index in [4.69, 9.17) is 9.47 Å². The Morgan fingerprint density at radius 2 is 1.47 bits per heavy atom. The molecule has 0 aromatic carbocycles. The number of carbonyl (C=O) groups is 3. The van der Waals surface area contributed by atoms with Gasteiger partial charge in [-0.25, -0.2) is 0 Å². The third-order valence-electron chi connectivity index (χ3n) is 8.68. The third-order valence-corrected chi connectivity index (χ3v) is 8.68. The molecule has 0 aromatic heterocycles. The Kier molecular flexibility index (Phi) is 17.5. The quantitative estimate of drug-likeness (QED) is 0.111. The van der Waals surface area contributed by atoms with Crippen molar-refractivity contribution in [2.75, 3.05) is 26.2 Å². The van der Waals surface area contributed by atoms with Crippen LogP contribution in [-0.4, -0.2) is 66.8 Å². The highest BCUT2D eigenvalue weighted by Crippen LogP contribution is 2.34. The second-order valence-electron chi connectivity index (χ2n) is 13.7. The number of hydrogen-bond acceptors (Lipinski definition) is 5. The van der Waals surface area contributed by atoms with Gasteiger partial charge in [0.15, 0.2) is 5.79 Å². The van der Waals surface area contributed by atoms with Crippen molar-refractivity contribution >= 4 is 17.7 Å². The van der Waals surface area contributed by atoms with Crippen LogP contribution in [0.15, 0.2) is 12.2 Å². The molecule has 2 atom stereocenters. The first-order chi connectivity index (χ1) is 20.6. The van der Waals surface area contributed by atoms with Gasteiger partial charge in [-0.05, 0) is 58.8 Å². The van der Waals surface area contributed by atoms with Crippen LogP contribution >= 0.6 is 0 Å². The number of nitrogens with zero attached hydrogens (tertiary/aromatic N) is 1. The van der Waals surface area contributed by atoms with Gasteiger partial charge in [-0.3, -0.25) is 14.4 Å². The summed E-state index contributed by atoms with van der Waals surface area (Å²) in [6.07, 6.45) is 22.8. The SMILES string of the molecule is CCCCCCCC/C=C\CCCCCCCC(=O)NC[C@@H]1CCCN1C(=O)CCNC(=O)C1OC(C)(C)OCC1(C)C. The molecule has 2 saturated heterocycles. The van der Waals surface area contributed by atoms with Crippen molar-refractivity contribution in [3.8, 4) is 0 Å². The van der Waals surface area contributed by atoms with Crippen molar-refractivity contribution in [2.45, 2.75) is 162 Å². The van der Waals surface area contributed by atoms with E-state index in [1.165, 1.54) is 70.6 Å². The van der Waals surface area contributed by atoms with Crippen LogP contribution in [0, 0.1) is 5.41 Å². The van der Waals surface area contributed by atoms with Gasteiger partial charge in [0.25, 0.3) is 0 Å². The van der Waals surface area contributed by atoms with Crippen LogP contribution in [0.2, 0.25) is 0 Å². The van der Waals surface area contributed by atoms with Gasteiger partial charge in [0.1, 0.15) is 6.10 Å². The van der Waals surface area contributed by atoms with Crippen molar-refractivity contribution in [1.82, 2.24) is 15.5 Å². The molecule has 43 heavy (non-hydrogen) atoms. The molecular weight excluding hydrogens is 542 g/mol. The topological polar surface area (TPSA) is 97.0 Å². The Morgan fingerprint density at radius 1 is 0.837 bits per heavy atom. The number of hydrogen-bond donors (Lipinski definition) is 2. The number of ether oxygens (including phenoxy) is 2. The van der Waals surface area contributed by atoms with Crippen LogP contribution in [0.25, 0.3) is 0 Å². The summed E-state index contributed by atoms with van der Waals surface area (Å²) in [7, 11) is 0. The Bertz CT molecular complexity index is 856. The number of amides is 3. The molecule has 3 amide bonds. The first kappa shape index (κ1) is 37.3. The van der Waals surface area contributed by atoms with Gasteiger partial charge in [0.05, 0.1) is 6.61 Å². The Morgan fingerprint density at radius 3 is 2.14 bits per heavy atom. The highest BCUT2D eigenvalue weighted by molar-refractivity contribution is 5.83. The minimum absolute atomic E-state index is 0.0155. The van der Waals surface area contributed by atoms with E-state index in [0.717, 1.165) is 25.7 Å². The lowest BCUT2D eigenvalue weighted by atomic mass is 9.85. The van der Waals surface area contributed by atoms with E-state index in [1.54, 1.807) is 13.8 Å². The summed E-state index contributed by atoms with van der Waals surface area (Å²) in [4.78, 5) is 40.0. The number of allylic oxidation sites excluding steroid dienone is 2. The minimum atomic E-state index is -0.815. The predicted octanol–water partition coefficient (Wildman–Crippen LogP) is 6.82. The van der Waals surface area contributed by atoms with Gasteiger partial charge in [0, 0.05) is 43.9 Å². The highest BCUT2D eigenvalue weighted by Gasteiger charge is 2.45. The molecule has 0 radical (unpaired) electrons. The molecule has 2 fully saturated rings. The third kappa shape index (κ3) is 15.1. The summed E-state index contributed by atoms with van der Waals surface area (Å²) in [5, 5.41) is 5.94. The second kappa shape index (κ2) is 20.2. The number of rotatable bonds is 21. The molecule has 2 aliphatic heterocycles. The van der Waals surface area contributed by atoms with Crippen molar-refractivity contribution < 1.29 is 23.9 Å². The Hall–Kier alpha value is -1.93. The van der Waals surface area contributed by atoms with Gasteiger partial charge in [0.2, 0.25) is 17.7 Å². The van der Waals surface area contributed by atoms with Crippen LogP contribution in [0.4, 0.5) is 0 Å². The average molecular weight is 606 g/mol. The molecule has 8 nitrogen and oxygen atoms in total. The monoisotopic (exact) mass is 605 g/mol. The first-order valence-electron chi connectivity index (χ1n) is 17.4. The van der Waals surface area contributed by atoms with E-state index < -0.39 is 17.3 Å². The zero-order chi connectivity index (χ0) is 31.6. The normalized spacial score (nSPS) is 21.3. The summed E-state index contributed by atoms with van der Waals surface area (Å²) in [6, 6.07) is 0.0276. The molecule has 8 heteroatoms. The second-order valence-corrected chi connectivity index (χ2v) is 13.7. The maximum absolute atomic E-state index is 12.9. The van der Waals surface area contributed by atoms with E-state index in [-0.39, 0.29) is 36.7 Å². The fraction of sp³-hybridized carbons (Fsp3) is 0.857. The summed E-state index contributed by atoms with van der Waals surface area (Å²) < 4.78 is 11.6. The maximum Gasteiger partial charge on any atom is 0.249 e. The standard InChI is InChI=1S/C35H63N3O5/c1-6-7-8-9-10-11-12-13-14-15-16-17-18-19-20-23-30(39)37-27-29-22-21-26-38(29)31(40)24-25-36-33(41)32-34(2,3)28-42-35(4,5)43-32/h13-14,29,32H,6-12,15-28H2,1-5H3,(H,36,41)(H,37,39)/b14-13-/t29-,32?/m0/s1. The van der Waals surface area contributed by atoms with Gasteiger partial charge in [-0.2, -0.15) is 0 Å². The van der Waals surface area contributed by atoms with Gasteiger partial charge in [-0.1, -0.05) is 84.3 Å². The van der Waals surface area contributed by atoms with Crippen LogP contribution in [-0.2, 0) is 23.9 Å². The maximum atomic E-state index is 12.9. The molecule has 2 aliphatic rings. The van der Waals surface area contributed by atoms with Crippen molar-refractivity contribution in [3.05, 3.63) is 12.2 Å². The molecule has 2 N–H and O–H groups in total. The number of likely N-dealkylation sites (tertiary alicyclic amines) is 1. The van der Waals surface area contributed by atoms with Crippen molar-refractivity contribution in [1.29, 1.82) is 0 Å².